The van der Waals surface area contributed by atoms with Gasteiger partial charge in [-0.1, -0.05) is 48.5 Å². The number of anilines is 2. The molecule has 0 radical (unpaired) electrons. The molecule has 2 N–H and O–H groups in total. The van der Waals surface area contributed by atoms with Gasteiger partial charge in [0.15, 0.2) is 5.82 Å². The van der Waals surface area contributed by atoms with Gasteiger partial charge in [-0.05, 0) is 32.9 Å². The number of amides is 1. The van der Waals surface area contributed by atoms with Crippen LogP contribution in [0.3, 0.4) is 0 Å². The summed E-state index contributed by atoms with van der Waals surface area (Å²) in [6.07, 6.45) is 1.71. The molecule has 2 aromatic heterocycles. The Bertz CT molecular complexity index is 1190. The lowest BCUT2D eigenvalue weighted by atomic mass is 10.1. The maximum atomic E-state index is 13.1. The van der Waals surface area contributed by atoms with Gasteiger partial charge in [0.2, 0.25) is 0 Å². The number of carbonyl (C=O) groups excluding carboxylic acids is 1. The molecule has 0 bridgehead atoms. The van der Waals surface area contributed by atoms with Gasteiger partial charge in [-0.2, -0.15) is 0 Å². The third-order valence-corrected chi connectivity index (χ3v) is 4.37. The smallest absolute Gasteiger partial charge is 0.274 e. The van der Waals surface area contributed by atoms with Gasteiger partial charge in [-0.3, -0.25) is 9.78 Å². The molecule has 30 heavy (non-hydrogen) atoms. The van der Waals surface area contributed by atoms with Crippen LogP contribution in [0.2, 0.25) is 0 Å². The number of nitrogens with zero attached hydrogens (tertiary/aromatic N) is 3. The number of fused-ring (bicyclic) bond motifs is 1. The number of nitrogens with one attached hydrogen (secondary N) is 2. The molecule has 0 saturated heterocycles. The van der Waals surface area contributed by atoms with E-state index in [4.69, 9.17) is 0 Å². The minimum Gasteiger partial charge on any atom is -0.365 e. The molecule has 0 atom stereocenters. The molecule has 0 fully saturated rings. The number of rotatable bonds is 4. The van der Waals surface area contributed by atoms with E-state index in [1.807, 2.05) is 81.4 Å². The topological polar surface area (TPSA) is 79.8 Å². The monoisotopic (exact) mass is 397 g/mol. The molecule has 4 aromatic rings. The van der Waals surface area contributed by atoms with Crippen molar-refractivity contribution in [3.05, 3.63) is 78.6 Å². The molecule has 0 aliphatic carbocycles. The summed E-state index contributed by atoms with van der Waals surface area (Å²) in [7, 11) is 0. The summed E-state index contributed by atoms with van der Waals surface area (Å²) in [6, 6.07) is 20.8. The van der Waals surface area contributed by atoms with Gasteiger partial charge in [-0.15, -0.1) is 0 Å². The third-order valence-electron chi connectivity index (χ3n) is 4.37. The number of carbonyl (C=O) groups is 1. The largest absolute Gasteiger partial charge is 0.365 e. The fourth-order valence-electron chi connectivity index (χ4n) is 3.12. The van der Waals surface area contributed by atoms with Crippen LogP contribution in [0.4, 0.5) is 11.5 Å². The van der Waals surface area contributed by atoms with Crippen molar-refractivity contribution in [1.82, 2.24) is 15.0 Å². The average Bonchev–Trinajstić information content (AvgIpc) is 2.73. The molecule has 0 aliphatic heterocycles. The van der Waals surface area contributed by atoms with E-state index in [9.17, 15) is 4.79 Å². The minimum atomic E-state index is -0.315. The predicted octanol–water partition coefficient (Wildman–Crippen LogP) is 5.15. The van der Waals surface area contributed by atoms with Gasteiger partial charge < -0.3 is 10.6 Å². The van der Waals surface area contributed by atoms with Crippen molar-refractivity contribution in [2.75, 3.05) is 10.6 Å². The summed E-state index contributed by atoms with van der Waals surface area (Å²) in [5.74, 6) is 0.772. The molecule has 4 rings (SSSR count). The van der Waals surface area contributed by atoms with E-state index in [0.717, 1.165) is 16.5 Å². The van der Waals surface area contributed by atoms with Crippen LogP contribution >= 0.6 is 0 Å². The van der Waals surface area contributed by atoms with E-state index in [1.54, 1.807) is 12.3 Å². The van der Waals surface area contributed by atoms with Gasteiger partial charge >= 0.3 is 0 Å². The fourth-order valence-corrected chi connectivity index (χ4v) is 3.12. The number of para-hydroxylation sites is 1. The SMILES string of the molecule is CC(C)(C)Nc1cc(C(=O)Nc2cccc3cccnc23)nc(-c2ccccc2)n1. The highest BCUT2D eigenvalue weighted by molar-refractivity contribution is 6.07. The summed E-state index contributed by atoms with van der Waals surface area (Å²) in [5.41, 5.74) is 2.29. The fraction of sp³-hybridized carbons (Fsp3) is 0.167. The molecular formula is C24H23N5O. The molecule has 150 valence electrons. The molecule has 6 nitrogen and oxygen atoms in total. The zero-order chi connectivity index (χ0) is 21.1. The Morgan fingerprint density at radius 3 is 2.43 bits per heavy atom. The van der Waals surface area contributed by atoms with Crippen molar-refractivity contribution in [2.24, 2.45) is 0 Å². The Balaban J connectivity index is 1.73. The first-order chi connectivity index (χ1) is 14.4. The number of hydrogen-bond acceptors (Lipinski definition) is 5. The lowest BCUT2D eigenvalue weighted by Crippen LogP contribution is -2.27. The lowest BCUT2D eigenvalue weighted by Gasteiger charge is -2.22. The summed E-state index contributed by atoms with van der Waals surface area (Å²) in [6.45, 7) is 6.12. The lowest BCUT2D eigenvalue weighted by molar-refractivity contribution is 0.102. The molecule has 0 aliphatic rings. The van der Waals surface area contributed by atoms with E-state index >= 15 is 0 Å². The first-order valence-electron chi connectivity index (χ1n) is 9.77. The number of pyridine rings is 1. The summed E-state index contributed by atoms with van der Waals surface area (Å²) < 4.78 is 0. The Morgan fingerprint density at radius 1 is 0.900 bits per heavy atom. The van der Waals surface area contributed by atoms with Crippen molar-refractivity contribution in [3.63, 3.8) is 0 Å². The Morgan fingerprint density at radius 2 is 1.67 bits per heavy atom. The molecule has 1 amide bonds. The van der Waals surface area contributed by atoms with E-state index in [0.29, 0.717) is 17.3 Å². The third kappa shape index (κ3) is 4.43. The van der Waals surface area contributed by atoms with Crippen LogP contribution in [0.1, 0.15) is 31.3 Å². The summed E-state index contributed by atoms with van der Waals surface area (Å²) in [4.78, 5) is 26.6. The normalized spacial score (nSPS) is 11.3. The second kappa shape index (κ2) is 7.91. The van der Waals surface area contributed by atoms with Gasteiger partial charge in [-0.25, -0.2) is 9.97 Å². The zero-order valence-electron chi connectivity index (χ0n) is 17.2. The standard InChI is InChI=1S/C24H23N5O/c1-24(2,3)29-20-15-19(26-22(28-20)17-9-5-4-6-10-17)23(30)27-18-13-7-11-16-12-8-14-25-21(16)18/h4-15H,1-3H3,(H,27,30)(H,26,28,29). The highest BCUT2D eigenvalue weighted by atomic mass is 16.1. The van der Waals surface area contributed by atoms with Crippen LogP contribution in [0.25, 0.3) is 22.3 Å². The van der Waals surface area contributed by atoms with Crippen LogP contribution in [-0.4, -0.2) is 26.4 Å². The van der Waals surface area contributed by atoms with E-state index in [2.05, 4.69) is 25.6 Å². The first kappa shape index (κ1) is 19.5. The molecule has 0 unspecified atom stereocenters. The van der Waals surface area contributed by atoms with E-state index in [1.165, 1.54) is 0 Å². The van der Waals surface area contributed by atoms with Crippen molar-refractivity contribution in [2.45, 2.75) is 26.3 Å². The van der Waals surface area contributed by atoms with Crippen molar-refractivity contribution in [1.29, 1.82) is 0 Å². The van der Waals surface area contributed by atoms with E-state index in [-0.39, 0.29) is 17.1 Å². The number of benzene rings is 2. The average molecular weight is 397 g/mol. The van der Waals surface area contributed by atoms with Gasteiger partial charge in [0, 0.05) is 28.8 Å². The second-order valence-corrected chi connectivity index (χ2v) is 8.04. The van der Waals surface area contributed by atoms with Crippen molar-refractivity contribution < 1.29 is 4.79 Å². The molecule has 2 aromatic carbocycles. The van der Waals surface area contributed by atoms with Crippen molar-refractivity contribution >= 4 is 28.3 Å². The quantitative estimate of drug-likeness (QED) is 0.497. The maximum Gasteiger partial charge on any atom is 0.274 e. The van der Waals surface area contributed by atoms with Gasteiger partial charge in [0.25, 0.3) is 5.91 Å². The van der Waals surface area contributed by atoms with Crippen LogP contribution in [0.15, 0.2) is 72.9 Å². The Kier molecular flexibility index (Phi) is 5.14. The second-order valence-electron chi connectivity index (χ2n) is 8.04. The Labute approximate surface area is 175 Å². The van der Waals surface area contributed by atoms with Crippen LogP contribution in [-0.2, 0) is 0 Å². The molecule has 6 heteroatoms. The summed E-state index contributed by atoms with van der Waals surface area (Å²) >= 11 is 0. The molecule has 2 heterocycles. The number of hydrogen-bond donors (Lipinski definition) is 2. The molecule has 0 spiro atoms. The van der Waals surface area contributed by atoms with Gasteiger partial charge in [0.05, 0.1) is 11.2 Å². The van der Waals surface area contributed by atoms with Crippen LogP contribution in [0.5, 0.6) is 0 Å². The first-order valence-corrected chi connectivity index (χ1v) is 9.77. The van der Waals surface area contributed by atoms with Crippen LogP contribution < -0.4 is 10.6 Å². The maximum absolute atomic E-state index is 13.1. The molecular weight excluding hydrogens is 374 g/mol. The Hall–Kier alpha value is -3.80. The highest BCUT2D eigenvalue weighted by Crippen LogP contribution is 2.23. The minimum absolute atomic E-state index is 0.213. The zero-order valence-corrected chi connectivity index (χ0v) is 17.2. The van der Waals surface area contributed by atoms with E-state index < -0.39 is 0 Å². The van der Waals surface area contributed by atoms with Crippen molar-refractivity contribution in [3.8, 4) is 11.4 Å². The molecule has 0 saturated carbocycles. The summed E-state index contributed by atoms with van der Waals surface area (Å²) in [5, 5.41) is 7.24. The highest BCUT2D eigenvalue weighted by Gasteiger charge is 2.17. The number of aromatic nitrogens is 3. The van der Waals surface area contributed by atoms with Crippen LogP contribution in [0, 0.1) is 0 Å². The van der Waals surface area contributed by atoms with Gasteiger partial charge in [0.1, 0.15) is 11.5 Å². The predicted molar refractivity (Wildman–Crippen MR) is 121 cm³/mol.